The minimum atomic E-state index is -0.628. The van der Waals surface area contributed by atoms with Crippen molar-refractivity contribution < 1.29 is 23.9 Å². The molecule has 2 aromatic carbocycles. The van der Waals surface area contributed by atoms with E-state index >= 15 is 0 Å². The number of anilines is 1. The van der Waals surface area contributed by atoms with Gasteiger partial charge in [0, 0.05) is 4.90 Å². The molecule has 0 bridgehead atoms. The summed E-state index contributed by atoms with van der Waals surface area (Å²) >= 11 is 1.22. The van der Waals surface area contributed by atoms with Crippen LogP contribution in [0.4, 0.5) is 5.69 Å². The van der Waals surface area contributed by atoms with Crippen molar-refractivity contribution in [2.75, 3.05) is 24.3 Å². The first-order chi connectivity index (χ1) is 14.0. The number of hydrogen-bond acceptors (Lipinski definition) is 6. The van der Waals surface area contributed by atoms with Crippen molar-refractivity contribution in [2.45, 2.75) is 24.2 Å². The molecule has 152 valence electrons. The SMILES string of the molecule is NC(=O)CSc1ccccc1NC(=O)COC(=O)COc1ccc2c(c1)CCC2. The first-order valence-corrected chi connectivity index (χ1v) is 10.2. The summed E-state index contributed by atoms with van der Waals surface area (Å²) in [5.41, 5.74) is 8.25. The molecule has 7 nitrogen and oxygen atoms in total. The number of rotatable bonds is 9. The normalized spacial score (nSPS) is 12.1. The molecule has 0 aliphatic heterocycles. The largest absolute Gasteiger partial charge is 0.482 e. The fourth-order valence-corrected chi connectivity index (χ4v) is 3.75. The van der Waals surface area contributed by atoms with Crippen LogP contribution in [0.5, 0.6) is 5.75 Å². The van der Waals surface area contributed by atoms with Crippen LogP contribution in [0.25, 0.3) is 0 Å². The van der Waals surface area contributed by atoms with Gasteiger partial charge < -0.3 is 20.5 Å². The minimum absolute atomic E-state index is 0.0991. The van der Waals surface area contributed by atoms with Crippen molar-refractivity contribution >= 4 is 35.2 Å². The average Bonchev–Trinajstić information content (AvgIpc) is 3.18. The summed E-state index contributed by atoms with van der Waals surface area (Å²) < 4.78 is 10.4. The lowest BCUT2D eigenvalue weighted by Gasteiger charge is -2.11. The monoisotopic (exact) mass is 414 g/mol. The van der Waals surface area contributed by atoms with E-state index in [1.54, 1.807) is 24.3 Å². The van der Waals surface area contributed by atoms with E-state index in [-0.39, 0.29) is 12.4 Å². The first kappa shape index (κ1) is 20.7. The van der Waals surface area contributed by atoms with Crippen LogP contribution in [0.2, 0.25) is 0 Å². The molecule has 1 aliphatic rings. The third-order valence-corrected chi connectivity index (χ3v) is 5.42. The van der Waals surface area contributed by atoms with Crippen LogP contribution in [0, 0.1) is 0 Å². The number of benzene rings is 2. The number of thioether (sulfide) groups is 1. The van der Waals surface area contributed by atoms with E-state index < -0.39 is 24.4 Å². The van der Waals surface area contributed by atoms with Gasteiger partial charge in [0.05, 0.1) is 11.4 Å². The van der Waals surface area contributed by atoms with Crippen LogP contribution in [-0.4, -0.2) is 36.8 Å². The maximum atomic E-state index is 12.1. The van der Waals surface area contributed by atoms with E-state index in [1.807, 2.05) is 18.2 Å². The number of fused-ring (bicyclic) bond motifs is 1. The van der Waals surface area contributed by atoms with Crippen LogP contribution in [0.3, 0.4) is 0 Å². The number of nitrogens with one attached hydrogen (secondary N) is 1. The Hall–Kier alpha value is -3.00. The topological polar surface area (TPSA) is 108 Å². The second-order valence-corrected chi connectivity index (χ2v) is 7.55. The zero-order valence-electron chi connectivity index (χ0n) is 15.8. The molecule has 0 spiro atoms. The predicted octanol–water partition coefficient (Wildman–Crippen LogP) is 2.31. The number of esters is 1. The summed E-state index contributed by atoms with van der Waals surface area (Å²) in [5, 5.41) is 2.66. The van der Waals surface area contributed by atoms with Gasteiger partial charge in [-0.15, -0.1) is 11.8 Å². The quantitative estimate of drug-likeness (QED) is 0.482. The first-order valence-electron chi connectivity index (χ1n) is 9.21. The van der Waals surface area contributed by atoms with Crippen molar-refractivity contribution in [3.05, 3.63) is 53.6 Å². The average molecular weight is 414 g/mol. The van der Waals surface area contributed by atoms with Gasteiger partial charge in [0.2, 0.25) is 5.91 Å². The van der Waals surface area contributed by atoms with E-state index in [0.29, 0.717) is 16.3 Å². The van der Waals surface area contributed by atoms with Gasteiger partial charge >= 0.3 is 5.97 Å². The highest BCUT2D eigenvalue weighted by Gasteiger charge is 2.14. The van der Waals surface area contributed by atoms with E-state index in [9.17, 15) is 14.4 Å². The van der Waals surface area contributed by atoms with Crippen LogP contribution in [0.15, 0.2) is 47.4 Å². The van der Waals surface area contributed by atoms with Crippen molar-refractivity contribution in [3.63, 3.8) is 0 Å². The van der Waals surface area contributed by atoms with Gasteiger partial charge in [0.1, 0.15) is 5.75 Å². The number of carbonyl (C=O) groups is 3. The smallest absolute Gasteiger partial charge is 0.344 e. The van der Waals surface area contributed by atoms with Gasteiger partial charge in [-0.2, -0.15) is 0 Å². The highest BCUT2D eigenvalue weighted by molar-refractivity contribution is 8.00. The molecule has 2 aromatic rings. The summed E-state index contributed by atoms with van der Waals surface area (Å²) in [4.78, 5) is 35.6. The van der Waals surface area contributed by atoms with E-state index in [4.69, 9.17) is 15.2 Å². The number of para-hydroxylation sites is 1. The van der Waals surface area contributed by atoms with Crippen molar-refractivity contribution in [1.82, 2.24) is 0 Å². The molecule has 2 amide bonds. The van der Waals surface area contributed by atoms with E-state index in [0.717, 1.165) is 19.3 Å². The van der Waals surface area contributed by atoms with E-state index in [2.05, 4.69) is 5.32 Å². The van der Waals surface area contributed by atoms with Gasteiger partial charge in [-0.05, 0) is 54.7 Å². The summed E-state index contributed by atoms with van der Waals surface area (Å²) in [6.07, 6.45) is 3.24. The maximum Gasteiger partial charge on any atom is 0.344 e. The Morgan fingerprint density at radius 2 is 1.83 bits per heavy atom. The van der Waals surface area contributed by atoms with Crippen molar-refractivity contribution in [1.29, 1.82) is 0 Å². The number of primary amides is 1. The van der Waals surface area contributed by atoms with Gasteiger partial charge in [-0.1, -0.05) is 18.2 Å². The third-order valence-electron chi connectivity index (χ3n) is 4.32. The second kappa shape index (κ2) is 9.97. The molecule has 0 unspecified atom stereocenters. The maximum absolute atomic E-state index is 12.1. The number of ether oxygens (including phenoxy) is 2. The molecule has 1 aliphatic carbocycles. The Kier molecular flexibility index (Phi) is 7.13. The van der Waals surface area contributed by atoms with Gasteiger partial charge in [0.15, 0.2) is 13.2 Å². The molecule has 3 N–H and O–H groups in total. The molecular formula is C21H22N2O5S. The predicted molar refractivity (Wildman–Crippen MR) is 110 cm³/mol. The molecule has 29 heavy (non-hydrogen) atoms. The van der Waals surface area contributed by atoms with Gasteiger partial charge in [-0.25, -0.2) is 4.79 Å². The standard InChI is InChI=1S/C21H22N2O5S/c22-19(24)13-29-18-7-2-1-6-17(18)23-20(25)11-28-21(26)12-27-16-9-8-14-4-3-5-15(14)10-16/h1-2,6-10H,3-5,11-13H2,(H2,22,24)(H,23,25). The van der Waals surface area contributed by atoms with Gasteiger partial charge in [-0.3, -0.25) is 9.59 Å². The third kappa shape index (κ3) is 6.25. The Balaban J connectivity index is 1.43. The fourth-order valence-electron chi connectivity index (χ4n) is 3.00. The molecular weight excluding hydrogens is 392 g/mol. The second-order valence-electron chi connectivity index (χ2n) is 6.53. The number of nitrogens with two attached hydrogens (primary N) is 1. The molecule has 0 heterocycles. The molecule has 0 saturated carbocycles. The summed E-state index contributed by atoms with van der Waals surface area (Å²) in [7, 11) is 0. The number of amides is 2. The molecule has 0 aromatic heterocycles. The zero-order valence-corrected chi connectivity index (χ0v) is 16.6. The van der Waals surface area contributed by atoms with Crippen LogP contribution in [0.1, 0.15) is 17.5 Å². The highest BCUT2D eigenvalue weighted by Crippen LogP contribution is 2.27. The zero-order chi connectivity index (χ0) is 20.6. The Morgan fingerprint density at radius 1 is 1.03 bits per heavy atom. The molecule has 8 heteroatoms. The lowest BCUT2D eigenvalue weighted by Crippen LogP contribution is -2.24. The summed E-state index contributed by atoms with van der Waals surface area (Å²) in [5.74, 6) is -0.844. The summed E-state index contributed by atoms with van der Waals surface area (Å²) in [6, 6.07) is 12.8. The van der Waals surface area contributed by atoms with Crippen molar-refractivity contribution in [3.8, 4) is 5.75 Å². The van der Waals surface area contributed by atoms with Crippen LogP contribution < -0.4 is 15.8 Å². The van der Waals surface area contributed by atoms with E-state index in [1.165, 1.54) is 22.9 Å². The highest BCUT2D eigenvalue weighted by atomic mass is 32.2. The van der Waals surface area contributed by atoms with Crippen LogP contribution in [-0.2, 0) is 32.0 Å². The van der Waals surface area contributed by atoms with Crippen LogP contribution >= 0.6 is 11.8 Å². The lowest BCUT2D eigenvalue weighted by molar-refractivity contribution is -0.149. The molecule has 0 saturated heterocycles. The lowest BCUT2D eigenvalue weighted by atomic mass is 10.1. The van der Waals surface area contributed by atoms with Gasteiger partial charge in [0.25, 0.3) is 5.91 Å². The number of hydrogen-bond donors (Lipinski definition) is 2. The molecule has 3 rings (SSSR count). The fraction of sp³-hybridized carbons (Fsp3) is 0.286. The molecule has 0 fully saturated rings. The minimum Gasteiger partial charge on any atom is -0.482 e. The number of aryl methyl sites for hydroxylation is 2. The Labute approximate surface area is 172 Å². The van der Waals surface area contributed by atoms with Crippen molar-refractivity contribution in [2.24, 2.45) is 5.73 Å². The molecule has 0 radical (unpaired) electrons. The summed E-state index contributed by atoms with van der Waals surface area (Å²) in [6.45, 7) is -0.696. The Bertz CT molecular complexity index is 916. The Morgan fingerprint density at radius 3 is 2.66 bits per heavy atom. The number of carbonyl (C=O) groups excluding carboxylic acids is 3. The molecule has 0 atom stereocenters.